The fourth-order valence-electron chi connectivity index (χ4n) is 3.63. The molecule has 0 saturated carbocycles. The Morgan fingerprint density at radius 2 is 1.87 bits per heavy atom. The van der Waals surface area contributed by atoms with Gasteiger partial charge in [-0.05, 0) is 68.4 Å². The number of carbonyl (C=O) groups is 2. The molecule has 31 heavy (non-hydrogen) atoms. The van der Waals surface area contributed by atoms with Crippen LogP contribution >= 0.6 is 11.6 Å². The van der Waals surface area contributed by atoms with Gasteiger partial charge in [-0.3, -0.25) is 14.5 Å². The average Bonchev–Trinajstić information content (AvgIpc) is 3.29. The largest absolute Gasteiger partial charge is 0.507 e. The minimum Gasteiger partial charge on any atom is -0.507 e. The maximum atomic E-state index is 13.0. The summed E-state index contributed by atoms with van der Waals surface area (Å²) in [5, 5.41) is 11.5. The quantitative estimate of drug-likeness (QED) is 0.334. The Bertz CT molecular complexity index is 1180. The molecule has 3 aromatic rings. The van der Waals surface area contributed by atoms with E-state index in [0.717, 1.165) is 0 Å². The van der Waals surface area contributed by atoms with Crippen LogP contribution in [0.25, 0.3) is 5.76 Å². The van der Waals surface area contributed by atoms with Crippen molar-refractivity contribution < 1.29 is 23.8 Å². The highest BCUT2D eigenvalue weighted by atomic mass is 35.5. The highest BCUT2D eigenvalue weighted by molar-refractivity contribution is 6.51. The van der Waals surface area contributed by atoms with Gasteiger partial charge in [-0.1, -0.05) is 17.7 Å². The van der Waals surface area contributed by atoms with E-state index in [1.807, 2.05) is 6.92 Å². The van der Waals surface area contributed by atoms with Gasteiger partial charge in [-0.2, -0.15) is 0 Å². The molecule has 1 saturated heterocycles. The van der Waals surface area contributed by atoms with Crippen molar-refractivity contribution in [2.45, 2.75) is 19.9 Å². The second-order valence-corrected chi connectivity index (χ2v) is 7.49. The average molecular weight is 438 g/mol. The van der Waals surface area contributed by atoms with Crippen LogP contribution in [0, 0.1) is 6.92 Å². The van der Waals surface area contributed by atoms with Crippen LogP contribution in [0.2, 0.25) is 5.02 Å². The van der Waals surface area contributed by atoms with Crippen LogP contribution in [0.4, 0.5) is 5.69 Å². The summed E-state index contributed by atoms with van der Waals surface area (Å²) >= 11 is 6.12. The minimum absolute atomic E-state index is 0.0523. The highest BCUT2D eigenvalue weighted by Crippen LogP contribution is 2.43. The molecule has 2 heterocycles. The number of anilines is 1. The summed E-state index contributed by atoms with van der Waals surface area (Å²) in [4.78, 5) is 27.4. The van der Waals surface area contributed by atoms with E-state index in [2.05, 4.69) is 0 Å². The van der Waals surface area contributed by atoms with Crippen molar-refractivity contribution in [3.8, 4) is 5.75 Å². The Morgan fingerprint density at radius 1 is 1.13 bits per heavy atom. The Morgan fingerprint density at radius 3 is 2.48 bits per heavy atom. The molecule has 0 aliphatic carbocycles. The van der Waals surface area contributed by atoms with E-state index < -0.39 is 17.7 Å². The van der Waals surface area contributed by atoms with Gasteiger partial charge < -0.3 is 14.3 Å². The van der Waals surface area contributed by atoms with E-state index in [1.165, 1.54) is 4.90 Å². The van der Waals surface area contributed by atoms with Crippen LogP contribution in [-0.4, -0.2) is 23.4 Å². The van der Waals surface area contributed by atoms with Crippen molar-refractivity contribution in [3.05, 3.63) is 88.3 Å². The van der Waals surface area contributed by atoms with Crippen molar-refractivity contribution in [1.82, 2.24) is 0 Å². The molecule has 1 aromatic heterocycles. The number of benzene rings is 2. The molecule has 4 rings (SSSR count). The van der Waals surface area contributed by atoms with Gasteiger partial charge in [0, 0.05) is 16.3 Å². The standard InChI is InChI=1S/C24H20ClNO5/c1-3-30-18-10-8-15(9-11-18)22(27)20-21(19-12-7-14(2)31-19)26(24(29)23(20)28)17-6-4-5-16(25)13-17/h4-13,21,27H,3H2,1-2H3/b22-20-. The first kappa shape index (κ1) is 20.8. The van der Waals surface area contributed by atoms with Gasteiger partial charge in [0.2, 0.25) is 0 Å². The molecule has 0 spiro atoms. The zero-order valence-corrected chi connectivity index (χ0v) is 17.7. The molecule has 0 radical (unpaired) electrons. The molecule has 158 valence electrons. The van der Waals surface area contributed by atoms with Gasteiger partial charge in [0.1, 0.15) is 29.1 Å². The maximum Gasteiger partial charge on any atom is 0.300 e. The van der Waals surface area contributed by atoms with Crippen LogP contribution in [-0.2, 0) is 9.59 Å². The molecule has 2 aromatic carbocycles. The molecule has 1 aliphatic rings. The zero-order chi connectivity index (χ0) is 22.1. The van der Waals surface area contributed by atoms with Gasteiger partial charge in [0.15, 0.2) is 0 Å². The summed E-state index contributed by atoms with van der Waals surface area (Å²) in [6.45, 7) is 4.14. The van der Waals surface area contributed by atoms with E-state index in [9.17, 15) is 14.7 Å². The Hall–Kier alpha value is -3.51. The lowest BCUT2D eigenvalue weighted by atomic mass is 9.99. The van der Waals surface area contributed by atoms with E-state index in [0.29, 0.717) is 40.2 Å². The van der Waals surface area contributed by atoms with Crippen LogP contribution < -0.4 is 9.64 Å². The van der Waals surface area contributed by atoms with Crippen LogP contribution in [0.5, 0.6) is 5.75 Å². The number of amides is 1. The number of Topliss-reactive ketones (excluding diaryl/α,β-unsaturated/α-hetero) is 1. The normalized spacial score (nSPS) is 17.9. The summed E-state index contributed by atoms with van der Waals surface area (Å²) in [5.41, 5.74) is 0.767. The Balaban J connectivity index is 1.88. The highest BCUT2D eigenvalue weighted by Gasteiger charge is 2.48. The number of halogens is 1. The van der Waals surface area contributed by atoms with E-state index in [1.54, 1.807) is 67.6 Å². The van der Waals surface area contributed by atoms with Crippen molar-refractivity contribution in [3.63, 3.8) is 0 Å². The SMILES string of the molecule is CCOc1ccc(/C(O)=C2/C(=O)C(=O)N(c3cccc(Cl)c3)C2c2ccc(C)o2)cc1. The second-order valence-electron chi connectivity index (χ2n) is 7.05. The molecular formula is C24H20ClNO5. The molecule has 0 bridgehead atoms. The number of aliphatic hydroxyl groups excluding tert-OH is 1. The number of ketones is 1. The summed E-state index contributed by atoms with van der Waals surface area (Å²) in [6, 6.07) is 15.8. The number of furan rings is 1. The lowest BCUT2D eigenvalue weighted by Gasteiger charge is -2.23. The lowest BCUT2D eigenvalue weighted by molar-refractivity contribution is -0.132. The van der Waals surface area contributed by atoms with Gasteiger partial charge in [0.25, 0.3) is 11.7 Å². The molecule has 1 N–H and O–H groups in total. The van der Waals surface area contributed by atoms with Gasteiger partial charge in [-0.15, -0.1) is 0 Å². The third-order valence-corrected chi connectivity index (χ3v) is 5.24. The third kappa shape index (κ3) is 3.82. The first-order valence-corrected chi connectivity index (χ1v) is 10.1. The molecule has 6 nitrogen and oxygen atoms in total. The summed E-state index contributed by atoms with van der Waals surface area (Å²) in [5.74, 6) is -0.238. The predicted octanol–water partition coefficient (Wildman–Crippen LogP) is 5.27. The Labute approximate surface area is 184 Å². The topological polar surface area (TPSA) is 80.0 Å². The molecule has 1 fully saturated rings. The number of rotatable bonds is 5. The Kier molecular flexibility index (Phi) is 5.57. The number of carbonyl (C=O) groups excluding carboxylic acids is 2. The van der Waals surface area contributed by atoms with E-state index >= 15 is 0 Å². The molecule has 1 aliphatic heterocycles. The predicted molar refractivity (Wildman–Crippen MR) is 117 cm³/mol. The molecule has 1 atom stereocenters. The number of ether oxygens (including phenoxy) is 1. The number of hydrogen-bond acceptors (Lipinski definition) is 5. The van der Waals surface area contributed by atoms with E-state index in [4.69, 9.17) is 20.8 Å². The number of hydrogen-bond donors (Lipinski definition) is 1. The van der Waals surface area contributed by atoms with Crippen LogP contribution in [0.3, 0.4) is 0 Å². The second kappa shape index (κ2) is 8.32. The summed E-state index contributed by atoms with van der Waals surface area (Å²) in [6.07, 6.45) is 0. The molecule has 1 amide bonds. The lowest BCUT2D eigenvalue weighted by Crippen LogP contribution is -2.29. The third-order valence-electron chi connectivity index (χ3n) is 5.00. The summed E-state index contributed by atoms with van der Waals surface area (Å²) < 4.78 is 11.2. The van der Waals surface area contributed by atoms with Gasteiger partial charge in [0.05, 0.1) is 12.2 Å². The maximum absolute atomic E-state index is 13.0. The fourth-order valence-corrected chi connectivity index (χ4v) is 3.81. The van der Waals surface area contributed by atoms with Crippen molar-refractivity contribution in [1.29, 1.82) is 0 Å². The van der Waals surface area contributed by atoms with Crippen LogP contribution in [0.1, 0.15) is 30.0 Å². The molecular weight excluding hydrogens is 418 g/mol. The summed E-state index contributed by atoms with van der Waals surface area (Å²) in [7, 11) is 0. The van der Waals surface area contributed by atoms with Crippen molar-refractivity contribution in [2.24, 2.45) is 0 Å². The monoisotopic (exact) mass is 437 g/mol. The van der Waals surface area contributed by atoms with Crippen molar-refractivity contribution in [2.75, 3.05) is 11.5 Å². The number of aliphatic hydroxyl groups is 1. The smallest absolute Gasteiger partial charge is 0.300 e. The number of aryl methyl sites for hydroxylation is 1. The van der Waals surface area contributed by atoms with Gasteiger partial charge in [-0.25, -0.2) is 0 Å². The van der Waals surface area contributed by atoms with Gasteiger partial charge >= 0.3 is 0 Å². The first-order chi connectivity index (χ1) is 14.9. The fraction of sp³-hybridized carbons (Fsp3) is 0.167. The van der Waals surface area contributed by atoms with E-state index in [-0.39, 0.29) is 11.3 Å². The minimum atomic E-state index is -0.932. The number of nitrogens with zero attached hydrogens (tertiary/aromatic N) is 1. The molecule has 7 heteroatoms. The van der Waals surface area contributed by atoms with Crippen LogP contribution in [0.15, 0.2) is 70.7 Å². The van der Waals surface area contributed by atoms with Crippen molar-refractivity contribution >= 4 is 34.7 Å². The molecule has 1 unspecified atom stereocenters. The zero-order valence-electron chi connectivity index (χ0n) is 17.0. The first-order valence-electron chi connectivity index (χ1n) is 9.77.